The Morgan fingerprint density at radius 1 is 1.22 bits per heavy atom. The fraction of sp³-hybridized carbons (Fsp3) is 0.562. The highest BCUT2D eigenvalue weighted by molar-refractivity contribution is 7.19. The van der Waals surface area contributed by atoms with E-state index < -0.39 is 0 Å². The van der Waals surface area contributed by atoms with Crippen molar-refractivity contribution in [2.45, 2.75) is 26.2 Å². The van der Waals surface area contributed by atoms with Crippen LogP contribution in [0.25, 0.3) is 10.2 Å². The Balaban J connectivity index is 1.65. The molecule has 0 radical (unpaired) electrons. The van der Waals surface area contributed by atoms with Crippen molar-refractivity contribution in [1.82, 2.24) is 14.9 Å². The number of thiophene rings is 1. The molecule has 1 aliphatic carbocycles. The lowest BCUT2D eigenvalue weighted by Gasteiger charge is -2.35. The van der Waals surface area contributed by atoms with Gasteiger partial charge in [-0.3, -0.25) is 9.69 Å². The van der Waals surface area contributed by atoms with E-state index in [4.69, 9.17) is 10.7 Å². The van der Waals surface area contributed by atoms with Crippen LogP contribution in [0.3, 0.4) is 0 Å². The number of rotatable bonds is 3. The van der Waals surface area contributed by atoms with E-state index in [-0.39, 0.29) is 5.91 Å². The maximum absolute atomic E-state index is 11.1. The molecule has 4 rings (SSSR count). The van der Waals surface area contributed by atoms with Gasteiger partial charge in [-0.05, 0) is 31.7 Å². The fourth-order valence-electron chi connectivity index (χ4n) is 3.65. The lowest BCUT2D eigenvalue weighted by atomic mass is 10.1. The topological polar surface area (TPSA) is 75.3 Å². The third kappa shape index (κ3) is 2.68. The van der Waals surface area contributed by atoms with Crippen LogP contribution in [0.2, 0.25) is 0 Å². The van der Waals surface area contributed by atoms with Crippen molar-refractivity contribution < 1.29 is 4.79 Å². The zero-order valence-electron chi connectivity index (χ0n) is 13.3. The minimum atomic E-state index is -0.255. The largest absolute Gasteiger partial charge is 0.369 e. The number of nitrogens with two attached hydrogens (primary N) is 1. The van der Waals surface area contributed by atoms with Crippen LogP contribution in [0.15, 0.2) is 0 Å². The molecule has 0 saturated carbocycles. The summed E-state index contributed by atoms with van der Waals surface area (Å²) < 4.78 is 0. The summed E-state index contributed by atoms with van der Waals surface area (Å²) in [6.45, 7) is 5.77. The third-order valence-electron chi connectivity index (χ3n) is 4.71. The van der Waals surface area contributed by atoms with Crippen molar-refractivity contribution in [2.75, 3.05) is 37.6 Å². The van der Waals surface area contributed by atoms with Gasteiger partial charge in [-0.1, -0.05) is 0 Å². The van der Waals surface area contributed by atoms with E-state index in [1.54, 1.807) is 0 Å². The first-order valence-corrected chi connectivity index (χ1v) is 8.98. The van der Waals surface area contributed by atoms with Crippen LogP contribution in [0, 0.1) is 6.92 Å². The molecule has 2 aliphatic rings. The third-order valence-corrected chi connectivity index (χ3v) is 5.89. The molecule has 6 nitrogen and oxygen atoms in total. The fourth-order valence-corrected chi connectivity index (χ4v) is 4.95. The summed E-state index contributed by atoms with van der Waals surface area (Å²) in [5.41, 5.74) is 6.77. The van der Waals surface area contributed by atoms with Gasteiger partial charge in [-0.15, -0.1) is 11.3 Å². The number of anilines is 1. The number of aryl methyl sites for hydroxylation is 3. The number of fused-ring (bicyclic) bond motifs is 3. The first-order chi connectivity index (χ1) is 11.1. The predicted molar refractivity (Wildman–Crippen MR) is 92.0 cm³/mol. The Morgan fingerprint density at radius 2 is 2.00 bits per heavy atom. The van der Waals surface area contributed by atoms with Crippen molar-refractivity contribution >= 4 is 33.3 Å². The van der Waals surface area contributed by atoms with E-state index in [1.165, 1.54) is 28.7 Å². The number of nitrogens with zero attached hydrogens (tertiary/aromatic N) is 4. The molecule has 1 aliphatic heterocycles. The van der Waals surface area contributed by atoms with E-state index in [1.807, 2.05) is 18.3 Å². The molecule has 23 heavy (non-hydrogen) atoms. The average molecular weight is 331 g/mol. The Kier molecular flexibility index (Phi) is 3.69. The quantitative estimate of drug-likeness (QED) is 0.911. The standard InChI is InChI=1S/C16H21N5OS/c1-10-18-15(21-7-5-20(6-8-21)9-13(17)22)14-11-3-2-4-12(11)23-16(14)19-10/h2-9H2,1H3,(H2,17,22). The summed E-state index contributed by atoms with van der Waals surface area (Å²) in [6, 6.07) is 0. The number of carbonyl (C=O) groups excluding carboxylic acids is 1. The van der Waals surface area contributed by atoms with E-state index in [0.29, 0.717) is 6.54 Å². The van der Waals surface area contributed by atoms with Gasteiger partial charge in [0.1, 0.15) is 16.5 Å². The first-order valence-electron chi connectivity index (χ1n) is 8.16. The molecule has 3 heterocycles. The molecule has 0 bridgehead atoms. The Bertz CT molecular complexity index is 763. The van der Waals surface area contributed by atoms with Crippen LogP contribution in [-0.2, 0) is 17.6 Å². The molecule has 2 N–H and O–H groups in total. The van der Waals surface area contributed by atoms with Gasteiger partial charge in [0.15, 0.2) is 0 Å². The molecule has 1 amide bonds. The van der Waals surface area contributed by atoms with Gasteiger partial charge in [0.25, 0.3) is 0 Å². The van der Waals surface area contributed by atoms with E-state index in [2.05, 4.69) is 14.8 Å². The van der Waals surface area contributed by atoms with Crippen LogP contribution in [0.4, 0.5) is 5.82 Å². The Labute approximate surface area is 139 Å². The van der Waals surface area contributed by atoms with Gasteiger partial charge in [-0.2, -0.15) is 0 Å². The Morgan fingerprint density at radius 3 is 2.74 bits per heavy atom. The SMILES string of the molecule is Cc1nc(N2CCN(CC(N)=O)CC2)c2c3c(sc2n1)CCC3. The number of primary amides is 1. The molecular weight excluding hydrogens is 310 g/mol. The molecular formula is C16H21N5OS. The number of aromatic nitrogens is 2. The van der Waals surface area contributed by atoms with Crippen LogP contribution < -0.4 is 10.6 Å². The summed E-state index contributed by atoms with van der Waals surface area (Å²) in [6.07, 6.45) is 3.58. The predicted octanol–water partition coefficient (Wildman–Crippen LogP) is 1.10. The summed E-state index contributed by atoms with van der Waals surface area (Å²) in [4.78, 5) is 27.6. The van der Waals surface area contributed by atoms with E-state index in [9.17, 15) is 4.79 Å². The van der Waals surface area contributed by atoms with Crippen LogP contribution in [-0.4, -0.2) is 53.5 Å². The number of amides is 1. The second kappa shape index (κ2) is 5.72. The molecule has 1 fully saturated rings. The molecule has 7 heteroatoms. The Hall–Kier alpha value is -1.73. The lowest BCUT2D eigenvalue weighted by Crippen LogP contribution is -2.49. The molecule has 0 spiro atoms. The van der Waals surface area contributed by atoms with Crippen molar-refractivity contribution in [3.8, 4) is 0 Å². The summed E-state index contributed by atoms with van der Waals surface area (Å²) in [7, 11) is 0. The first kappa shape index (κ1) is 14.8. The molecule has 2 aromatic heterocycles. The van der Waals surface area contributed by atoms with Crippen LogP contribution in [0.1, 0.15) is 22.7 Å². The van der Waals surface area contributed by atoms with Crippen molar-refractivity contribution in [3.63, 3.8) is 0 Å². The zero-order chi connectivity index (χ0) is 16.0. The number of carbonyl (C=O) groups is 1. The number of hydrogen-bond acceptors (Lipinski definition) is 6. The molecule has 0 atom stereocenters. The van der Waals surface area contributed by atoms with Gasteiger partial charge in [0.05, 0.1) is 11.9 Å². The minimum Gasteiger partial charge on any atom is -0.369 e. The van der Waals surface area contributed by atoms with Gasteiger partial charge in [0, 0.05) is 31.1 Å². The van der Waals surface area contributed by atoms with Gasteiger partial charge >= 0.3 is 0 Å². The maximum atomic E-state index is 11.1. The van der Waals surface area contributed by atoms with E-state index >= 15 is 0 Å². The van der Waals surface area contributed by atoms with Crippen molar-refractivity contribution in [3.05, 3.63) is 16.3 Å². The summed E-state index contributed by atoms with van der Waals surface area (Å²) in [5, 5.41) is 1.27. The molecule has 0 aromatic carbocycles. The number of piperazine rings is 1. The normalized spacial score (nSPS) is 18.6. The second-order valence-electron chi connectivity index (χ2n) is 6.36. The smallest absolute Gasteiger partial charge is 0.231 e. The molecule has 1 saturated heterocycles. The van der Waals surface area contributed by atoms with Crippen LogP contribution in [0.5, 0.6) is 0 Å². The van der Waals surface area contributed by atoms with Gasteiger partial charge in [0.2, 0.25) is 5.91 Å². The van der Waals surface area contributed by atoms with Crippen molar-refractivity contribution in [1.29, 1.82) is 0 Å². The monoisotopic (exact) mass is 331 g/mol. The highest BCUT2D eigenvalue weighted by atomic mass is 32.1. The molecule has 2 aromatic rings. The number of hydrogen-bond donors (Lipinski definition) is 1. The zero-order valence-corrected chi connectivity index (χ0v) is 14.2. The van der Waals surface area contributed by atoms with E-state index in [0.717, 1.165) is 49.1 Å². The minimum absolute atomic E-state index is 0.255. The lowest BCUT2D eigenvalue weighted by molar-refractivity contribution is -0.119. The highest BCUT2D eigenvalue weighted by Crippen LogP contribution is 2.40. The summed E-state index contributed by atoms with van der Waals surface area (Å²) >= 11 is 1.84. The van der Waals surface area contributed by atoms with Gasteiger partial charge in [-0.25, -0.2) is 9.97 Å². The van der Waals surface area contributed by atoms with Crippen LogP contribution >= 0.6 is 11.3 Å². The molecule has 122 valence electrons. The summed E-state index contributed by atoms with van der Waals surface area (Å²) in [5.74, 6) is 1.67. The van der Waals surface area contributed by atoms with Gasteiger partial charge < -0.3 is 10.6 Å². The second-order valence-corrected chi connectivity index (χ2v) is 7.45. The van der Waals surface area contributed by atoms with Crippen molar-refractivity contribution in [2.24, 2.45) is 5.73 Å². The highest BCUT2D eigenvalue weighted by Gasteiger charge is 2.26. The maximum Gasteiger partial charge on any atom is 0.231 e. The molecule has 0 unspecified atom stereocenters. The average Bonchev–Trinajstić information content (AvgIpc) is 3.06.